The maximum Gasteiger partial charge on any atom is 0.387 e. The number of fused-ring (bicyclic) bond motifs is 1. The summed E-state index contributed by atoms with van der Waals surface area (Å²) in [5.74, 6) is -0.284. The highest BCUT2D eigenvalue weighted by molar-refractivity contribution is 7.89. The zero-order valence-electron chi connectivity index (χ0n) is 16.8. The van der Waals surface area contributed by atoms with Crippen molar-refractivity contribution in [2.75, 3.05) is 18.5 Å². The SMILES string of the molecule is CC(C)[C@H](NS(=O)(=O)c1ccc2c(c1)OCCO2)C(=O)Nc1ccc(OC(F)F)cc1. The molecule has 0 aromatic heterocycles. The number of halogens is 2. The molecule has 1 aliphatic rings. The minimum atomic E-state index is -4.05. The van der Waals surface area contributed by atoms with Gasteiger partial charge in [-0.2, -0.15) is 13.5 Å². The van der Waals surface area contributed by atoms with E-state index in [9.17, 15) is 22.0 Å². The van der Waals surface area contributed by atoms with Crippen molar-refractivity contribution in [2.45, 2.75) is 31.4 Å². The van der Waals surface area contributed by atoms with Gasteiger partial charge >= 0.3 is 6.61 Å². The van der Waals surface area contributed by atoms with Crippen LogP contribution in [0, 0.1) is 5.92 Å². The summed E-state index contributed by atoms with van der Waals surface area (Å²) in [5, 5.41) is 2.57. The average Bonchev–Trinajstić information content (AvgIpc) is 2.72. The molecular formula is C20H22F2N2O6S. The van der Waals surface area contributed by atoms with Gasteiger partial charge in [-0.1, -0.05) is 13.8 Å². The van der Waals surface area contributed by atoms with Gasteiger partial charge in [-0.3, -0.25) is 4.79 Å². The van der Waals surface area contributed by atoms with Gasteiger partial charge in [-0.15, -0.1) is 0 Å². The lowest BCUT2D eigenvalue weighted by molar-refractivity contribution is -0.118. The van der Waals surface area contributed by atoms with Gasteiger partial charge in [0.25, 0.3) is 0 Å². The first-order valence-electron chi connectivity index (χ1n) is 9.43. The lowest BCUT2D eigenvalue weighted by atomic mass is 10.0. The molecule has 1 atom stereocenters. The maximum atomic E-state index is 12.9. The fraction of sp³-hybridized carbons (Fsp3) is 0.350. The van der Waals surface area contributed by atoms with Gasteiger partial charge in [0, 0.05) is 11.8 Å². The van der Waals surface area contributed by atoms with Crippen LogP contribution in [-0.4, -0.2) is 40.2 Å². The highest BCUT2D eigenvalue weighted by Gasteiger charge is 2.29. The van der Waals surface area contributed by atoms with E-state index in [4.69, 9.17) is 9.47 Å². The van der Waals surface area contributed by atoms with Crippen molar-refractivity contribution < 1.29 is 36.2 Å². The molecule has 0 spiro atoms. The Morgan fingerprint density at radius 2 is 1.68 bits per heavy atom. The summed E-state index contributed by atoms with van der Waals surface area (Å²) in [6, 6.07) is 8.41. The van der Waals surface area contributed by atoms with Gasteiger partial charge in [0.2, 0.25) is 15.9 Å². The zero-order chi connectivity index (χ0) is 22.6. The minimum Gasteiger partial charge on any atom is -0.486 e. The Labute approximate surface area is 178 Å². The Morgan fingerprint density at radius 1 is 1.03 bits per heavy atom. The Hall–Kier alpha value is -2.92. The quantitative estimate of drug-likeness (QED) is 0.633. The Balaban J connectivity index is 1.73. The number of carbonyl (C=O) groups is 1. The lowest BCUT2D eigenvalue weighted by Gasteiger charge is -2.23. The normalized spacial score (nSPS) is 14.4. The number of anilines is 1. The van der Waals surface area contributed by atoms with Gasteiger partial charge in [-0.05, 0) is 42.3 Å². The topological polar surface area (TPSA) is 103 Å². The fourth-order valence-corrected chi connectivity index (χ4v) is 4.22. The van der Waals surface area contributed by atoms with Crippen LogP contribution in [0.2, 0.25) is 0 Å². The Morgan fingerprint density at radius 3 is 2.29 bits per heavy atom. The summed E-state index contributed by atoms with van der Waals surface area (Å²) < 4.78 is 67.7. The van der Waals surface area contributed by atoms with Crippen LogP contribution in [0.1, 0.15) is 13.8 Å². The number of amides is 1. The van der Waals surface area contributed by atoms with Crippen LogP contribution in [0.3, 0.4) is 0 Å². The third-order valence-electron chi connectivity index (χ3n) is 4.40. The second-order valence-electron chi connectivity index (χ2n) is 7.04. The molecule has 2 N–H and O–H groups in total. The van der Waals surface area contributed by atoms with E-state index in [0.717, 1.165) is 0 Å². The van der Waals surface area contributed by atoms with Crippen molar-refractivity contribution in [3.8, 4) is 17.2 Å². The van der Waals surface area contributed by atoms with Crippen molar-refractivity contribution >= 4 is 21.6 Å². The summed E-state index contributed by atoms with van der Waals surface area (Å²) in [6.07, 6.45) is 0. The molecule has 2 aromatic carbocycles. The van der Waals surface area contributed by atoms with Crippen LogP contribution in [0.25, 0.3) is 0 Å². The van der Waals surface area contributed by atoms with E-state index in [1.54, 1.807) is 13.8 Å². The summed E-state index contributed by atoms with van der Waals surface area (Å²) in [4.78, 5) is 12.7. The summed E-state index contributed by atoms with van der Waals surface area (Å²) in [5.41, 5.74) is 0.302. The smallest absolute Gasteiger partial charge is 0.387 e. The van der Waals surface area contributed by atoms with Gasteiger partial charge < -0.3 is 19.5 Å². The van der Waals surface area contributed by atoms with Crippen LogP contribution in [0.5, 0.6) is 17.2 Å². The third-order valence-corrected chi connectivity index (χ3v) is 5.84. The average molecular weight is 456 g/mol. The van der Waals surface area contributed by atoms with Gasteiger partial charge in [-0.25, -0.2) is 8.42 Å². The molecule has 168 valence electrons. The minimum absolute atomic E-state index is 0.0623. The number of carbonyl (C=O) groups excluding carboxylic acids is 1. The number of benzene rings is 2. The van der Waals surface area contributed by atoms with Crippen LogP contribution in [0.15, 0.2) is 47.4 Å². The van der Waals surface area contributed by atoms with E-state index in [1.807, 2.05) is 0 Å². The van der Waals surface area contributed by atoms with Crippen molar-refractivity contribution in [3.05, 3.63) is 42.5 Å². The predicted molar refractivity (Wildman–Crippen MR) is 108 cm³/mol. The molecular weight excluding hydrogens is 434 g/mol. The zero-order valence-corrected chi connectivity index (χ0v) is 17.6. The Bertz CT molecular complexity index is 1030. The van der Waals surface area contributed by atoms with Gasteiger partial charge in [0.1, 0.15) is 25.0 Å². The van der Waals surface area contributed by atoms with Crippen molar-refractivity contribution in [1.82, 2.24) is 4.72 Å². The van der Waals surface area contributed by atoms with Crippen LogP contribution >= 0.6 is 0 Å². The van der Waals surface area contributed by atoms with E-state index < -0.39 is 28.6 Å². The van der Waals surface area contributed by atoms with E-state index >= 15 is 0 Å². The number of hydrogen-bond donors (Lipinski definition) is 2. The summed E-state index contributed by atoms with van der Waals surface area (Å²) in [6.45, 7) is 1.11. The second kappa shape index (κ2) is 9.48. The first-order valence-corrected chi connectivity index (χ1v) is 10.9. The van der Waals surface area contributed by atoms with Gasteiger partial charge in [0.15, 0.2) is 11.5 Å². The molecule has 0 saturated heterocycles. The number of rotatable bonds is 8. The fourth-order valence-electron chi connectivity index (χ4n) is 2.86. The van der Waals surface area contributed by atoms with E-state index in [0.29, 0.717) is 30.4 Å². The molecule has 2 aromatic rings. The number of ether oxygens (including phenoxy) is 3. The third kappa shape index (κ3) is 5.82. The highest BCUT2D eigenvalue weighted by atomic mass is 32.2. The number of nitrogens with one attached hydrogen (secondary N) is 2. The summed E-state index contributed by atoms with van der Waals surface area (Å²) >= 11 is 0. The molecule has 1 heterocycles. The number of alkyl halides is 2. The number of sulfonamides is 1. The Kier molecular flexibility index (Phi) is 6.96. The first kappa shape index (κ1) is 22.8. The predicted octanol–water partition coefficient (Wildman–Crippen LogP) is 3.00. The standard InChI is InChI=1S/C20H22F2N2O6S/c1-12(2)18(19(25)23-13-3-5-14(6-4-13)30-20(21)22)24-31(26,27)15-7-8-16-17(11-15)29-10-9-28-16/h3-8,11-12,18,20,24H,9-10H2,1-2H3,(H,23,25)/t18-/m0/s1. The summed E-state index contributed by atoms with van der Waals surface area (Å²) in [7, 11) is -4.05. The van der Waals surface area contributed by atoms with Crippen LogP contribution < -0.4 is 24.2 Å². The van der Waals surface area contributed by atoms with Crippen molar-refractivity contribution in [1.29, 1.82) is 0 Å². The van der Waals surface area contributed by atoms with Crippen LogP contribution in [-0.2, 0) is 14.8 Å². The molecule has 3 rings (SSSR count). The molecule has 1 amide bonds. The number of hydrogen-bond acceptors (Lipinski definition) is 6. The van der Waals surface area contributed by atoms with E-state index in [-0.39, 0.29) is 16.6 Å². The molecule has 0 fully saturated rings. The van der Waals surface area contributed by atoms with Gasteiger partial charge in [0.05, 0.1) is 4.90 Å². The largest absolute Gasteiger partial charge is 0.486 e. The van der Waals surface area contributed by atoms with E-state index in [1.165, 1.54) is 42.5 Å². The molecule has 31 heavy (non-hydrogen) atoms. The maximum absolute atomic E-state index is 12.9. The molecule has 0 saturated carbocycles. The van der Waals surface area contributed by atoms with Crippen molar-refractivity contribution in [2.24, 2.45) is 5.92 Å². The van der Waals surface area contributed by atoms with Crippen molar-refractivity contribution in [3.63, 3.8) is 0 Å². The second-order valence-corrected chi connectivity index (χ2v) is 8.75. The van der Waals surface area contributed by atoms with E-state index in [2.05, 4.69) is 14.8 Å². The molecule has 8 nitrogen and oxygen atoms in total. The molecule has 0 unspecified atom stereocenters. The van der Waals surface area contributed by atoms with Crippen LogP contribution in [0.4, 0.5) is 14.5 Å². The lowest BCUT2D eigenvalue weighted by Crippen LogP contribution is -2.47. The molecule has 0 bridgehead atoms. The molecule has 1 aliphatic heterocycles. The monoisotopic (exact) mass is 456 g/mol. The first-order chi connectivity index (χ1) is 14.7. The molecule has 0 aliphatic carbocycles. The molecule has 0 radical (unpaired) electrons. The molecule has 11 heteroatoms. The highest BCUT2D eigenvalue weighted by Crippen LogP contribution is 2.32.